The number of hydrogen-bond acceptors (Lipinski definition) is 4. The molecule has 1 atom stereocenters. The Bertz CT molecular complexity index is 1040. The maximum atomic E-state index is 13.4. The summed E-state index contributed by atoms with van der Waals surface area (Å²) in [5.74, 6) is 1.39. The number of hydrogen-bond donors (Lipinski definition) is 1. The quantitative estimate of drug-likeness (QED) is 0.483. The van der Waals surface area contributed by atoms with Gasteiger partial charge in [0.25, 0.3) is 5.91 Å². The van der Waals surface area contributed by atoms with E-state index in [0.717, 1.165) is 35.4 Å². The predicted molar refractivity (Wildman–Crippen MR) is 123 cm³/mol. The normalized spacial score (nSPS) is 15.2. The lowest BCUT2D eigenvalue weighted by molar-refractivity contribution is 0.0666. The summed E-state index contributed by atoms with van der Waals surface area (Å²) in [7, 11) is 1.64. The van der Waals surface area contributed by atoms with E-state index in [0.29, 0.717) is 24.5 Å². The van der Waals surface area contributed by atoms with E-state index in [2.05, 4.69) is 12.2 Å². The molecule has 1 unspecified atom stereocenters. The first-order valence-corrected chi connectivity index (χ1v) is 10.7. The lowest BCUT2D eigenvalue weighted by Crippen LogP contribution is -2.42. The van der Waals surface area contributed by atoms with Gasteiger partial charge < -0.3 is 19.7 Å². The molecule has 0 bridgehead atoms. The standard InChI is InChI=1S/C26H28N2O3/c1-3-4-16-31-23-15-14-20(17-24(23)30-2)25-27-22-13-9-8-12-21(22)26(29)28(25)18-19-10-6-5-7-11-19/h5-15,17,25,27H,3-4,16,18H2,1-2H3. The average Bonchev–Trinajstić information content (AvgIpc) is 2.82. The van der Waals surface area contributed by atoms with Gasteiger partial charge in [0, 0.05) is 12.2 Å². The number of carbonyl (C=O) groups is 1. The third kappa shape index (κ3) is 4.50. The van der Waals surface area contributed by atoms with Gasteiger partial charge in [-0.3, -0.25) is 4.79 Å². The minimum atomic E-state index is -0.318. The molecule has 0 fully saturated rings. The van der Waals surface area contributed by atoms with E-state index < -0.39 is 0 Å². The van der Waals surface area contributed by atoms with Gasteiger partial charge in [0.1, 0.15) is 6.17 Å². The minimum Gasteiger partial charge on any atom is -0.493 e. The molecule has 0 radical (unpaired) electrons. The summed E-state index contributed by atoms with van der Waals surface area (Å²) < 4.78 is 11.5. The van der Waals surface area contributed by atoms with Crippen molar-refractivity contribution in [2.45, 2.75) is 32.5 Å². The zero-order valence-electron chi connectivity index (χ0n) is 18.0. The van der Waals surface area contributed by atoms with Crippen LogP contribution in [0, 0.1) is 0 Å². The number of methoxy groups -OCH3 is 1. The molecule has 1 aliphatic heterocycles. The van der Waals surface area contributed by atoms with Gasteiger partial charge in [0.2, 0.25) is 0 Å². The summed E-state index contributed by atoms with van der Waals surface area (Å²) >= 11 is 0. The number of rotatable bonds is 8. The van der Waals surface area contributed by atoms with E-state index >= 15 is 0 Å². The second-order valence-corrected chi connectivity index (χ2v) is 7.62. The molecule has 1 N–H and O–H groups in total. The molecule has 0 spiro atoms. The lowest BCUT2D eigenvalue weighted by atomic mass is 10.0. The van der Waals surface area contributed by atoms with Crippen molar-refractivity contribution >= 4 is 11.6 Å². The topological polar surface area (TPSA) is 50.8 Å². The molecular formula is C26H28N2O3. The molecule has 1 aliphatic rings. The second kappa shape index (κ2) is 9.56. The van der Waals surface area contributed by atoms with E-state index in [1.807, 2.05) is 77.7 Å². The van der Waals surface area contributed by atoms with Crippen LogP contribution in [0.3, 0.4) is 0 Å². The van der Waals surface area contributed by atoms with Gasteiger partial charge in [0.05, 0.1) is 19.3 Å². The van der Waals surface area contributed by atoms with Crippen molar-refractivity contribution in [3.05, 3.63) is 89.5 Å². The largest absolute Gasteiger partial charge is 0.493 e. The highest BCUT2D eigenvalue weighted by Gasteiger charge is 2.33. The van der Waals surface area contributed by atoms with Crippen LogP contribution in [0.1, 0.15) is 47.4 Å². The molecule has 5 nitrogen and oxygen atoms in total. The Morgan fingerprint density at radius 2 is 1.74 bits per heavy atom. The van der Waals surface area contributed by atoms with Crippen LogP contribution in [0.25, 0.3) is 0 Å². The molecule has 1 heterocycles. The van der Waals surface area contributed by atoms with E-state index in [1.165, 1.54) is 0 Å². The average molecular weight is 417 g/mol. The van der Waals surface area contributed by atoms with Gasteiger partial charge in [-0.05, 0) is 41.8 Å². The Morgan fingerprint density at radius 3 is 2.52 bits per heavy atom. The van der Waals surface area contributed by atoms with Crippen molar-refractivity contribution in [2.75, 3.05) is 19.0 Å². The third-order valence-electron chi connectivity index (χ3n) is 5.48. The number of nitrogens with one attached hydrogen (secondary N) is 1. The van der Waals surface area contributed by atoms with Gasteiger partial charge in [0.15, 0.2) is 11.5 Å². The number of ether oxygens (including phenoxy) is 2. The summed E-state index contributed by atoms with van der Waals surface area (Å²) in [5.41, 5.74) is 3.54. The summed E-state index contributed by atoms with van der Waals surface area (Å²) in [6.45, 7) is 3.29. The summed E-state index contributed by atoms with van der Waals surface area (Å²) in [6.07, 6.45) is 1.74. The highest BCUT2D eigenvalue weighted by molar-refractivity contribution is 6.01. The van der Waals surface area contributed by atoms with E-state index in [4.69, 9.17) is 9.47 Å². The first-order chi connectivity index (χ1) is 15.2. The number of amides is 1. The number of nitrogens with zero attached hydrogens (tertiary/aromatic N) is 1. The number of para-hydroxylation sites is 1. The molecule has 1 amide bonds. The van der Waals surface area contributed by atoms with Crippen molar-refractivity contribution in [1.82, 2.24) is 4.90 Å². The molecule has 0 aliphatic carbocycles. The van der Waals surface area contributed by atoms with Crippen LogP contribution in [-0.2, 0) is 6.54 Å². The molecule has 4 rings (SSSR count). The summed E-state index contributed by atoms with van der Waals surface area (Å²) in [6, 6.07) is 23.6. The predicted octanol–water partition coefficient (Wildman–Crippen LogP) is 5.64. The zero-order chi connectivity index (χ0) is 21.6. The molecule has 160 valence electrons. The molecule has 3 aromatic carbocycles. The van der Waals surface area contributed by atoms with E-state index in [9.17, 15) is 4.79 Å². The number of fused-ring (bicyclic) bond motifs is 1. The molecule has 0 aromatic heterocycles. The number of carbonyl (C=O) groups excluding carboxylic acids is 1. The van der Waals surface area contributed by atoms with Crippen LogP contribution in [0.4, 0.5) is 5.69 Å². The SMILES string of the molecule is CCCCOc1ccc(C2Nc3ccccc3C(=O)N2Cc2ccccc2)cc1OC. The van der Waals surface area contributed by atoms with Crippen molar-refractivity contribution in [3.63, 3.8) is 0 Å². The first kappa shape index (κ1) is 20.8. The summed E-state index contributed by atoms with van der Waals surface area (Å²) in [5, 5.41) is 3.55. The lowest BCUT2D eigenvalue weighted by Gasteiger charge is -2.38. The summed E-state index contributed by atoms with van der Waals surface area (Å²) in [4.78, 5) is 15.3. The highest BCUT2D eigenvalue weighted by Crippen LogP contribution is 2.37. The van der Waals surface area contributed by atoms with Crippen LogP contribution in [-0.4, -0.2) is 24.5 Å². The van der Waals surface area contributed by atoms with Crippen LogP contribution in [0.15, 0.2) is 72.8 Å². The van der Waals surface area contributed by atoms with Crippen LogP contribution in [0.5, 0.6) is 11.5 Å². The maximum absolute atomic E-state index is 13.4. The fourth-order valence-corrected chi connectivity index (χ4v) is 3.80. The smallest absolute Gasteiger partial charge is 0.258 e. The Morgan fingerprint density at radius 1 is 0.968 bits per heavy atom. The Labute approximate surface area is 183 Å². The molecule has 5 heteroatoms. The van der Waals surface area contributed by atoms with Crippen LogP contribution < -0.4 is 14.8 Å². The monoisotopic (exact) mass is 416 g/mol. The minimum absolute atomic E-state index is 0.00504. The number of anilines is 1. The van der Waals surface area contributed by atoms with Crippen LogP contribution >= 0.6 is 0 Å². The van der Waals surface area contributed by atoms with Gasteiger partial charge in [-0.1, -0.05) is 61.9 Å². The van der Waals surface area contributed by atoms with Gasteiger partial charge >= 0.3 is 0 Å². The van der Waals surface area contributed by atoms with Gasteiger partial charge in [-0.15, -0.1) is 0 Å². The third-order valence-corrected chi connectivity index (χ3v) is 5.48. The first-order valence-electron chi connectivity index (χ1n) is 10.7. The Kier molecular flexibility index (Phi) is 6.41. The molecule has 0 saturated carbocycles. The maximum Gasteiger partial charge on any atom is 0.258 e. The number of benzene rings is 3. The van der Waals surface area contributed by atoms with Crippen molar-refractivity contribution in [1.29, 1.82) is 0 Å². The fraction of sp³-hybridized carbons (Fsp3) is 0.269. The molecule has 31 heavy (non-hydrogen) atoms. The van der Waals surface area contributed by atoms with Gasteiger partial charge in [-0.25, -0.2) is 0 Å². The Hall–Kier alpha value is -3.47. The second-order valence-electron chi connectivity index (χ2n) is 7.62. The number of unbranched alkanes of at least 4 members (excludes halogenated alkanes) is 1. The van der Waals surface area contributed by atoms with Gasteiger partial charge in [-0.2, -0.15) is 0 Å². The van der Waals surface area contributed by atoms with Crippen LogP contribution in [0.2, 0.25) is 0 Å². The van der Waals surface area contributed by atoms with Crippen molar-refractivity contribution in [3.8, 4) is 11.5 Å². The molecule has 0 saturated heterocycles. The zero-order valence-corrected chi connectivity index (χ0v) is 18.0. The van der Waals surface area contributed by atoms with E-state index in [-0.39, 0.29) is 12.1 Å². The van der Waals surface area contributed by atoms with Crippen molar-refractivity contribution < 1.29 is 14.3 Å². The Balaban J connectivity index is 1.69. The fourth-order valence-electron chi connectivity index (χ4n) is 3.80. The highest BCUT2D eigenvalue weighted by atomic mass is 16.5. The van der Waals surface area contributed by atoms with E-state index in [1.54, 1.807) is 7.11 Å². The van der Waals surface area contributed by atoms with Crippen molar-refractivity contribution in [2.24, 2.45) is 0 Å². The molecular weight excluding hydrogens is 388 g/mol. The molecule has 3 aromatic rings.